The Morgan fingerprint density at radius 3 is 2.81 bits per heavy atom. The van der Waals surface area contributed by atoms with Gasteiger partial charge < -0.3 is 10.1 Å². The molecular weight excluding hydrogens is 338 g/mol. The number of aromatic nitrogens is 2. The third-order valence-electron chi connectivity index (χ3n) is 5.02. The number of ether oxygens (including phenoxy) is 1. The molecule has 0 saturated carbocycles. The maximum Gasteiger partial charge on any atom is 0.224 e. The second kappa shape index (κ2) is 7.27. The number of hydrogen-bond acceptors (Lipinski definition) is 3. The summed E-state index contributed by atoms with van der Waals surface area (Å²) < 4.78 is 7.45. The fourth-order valence-electron chi connectivity index (χ4n) is 3.54. The number of amides is 1. The molecule has 4 rings (SSSR count). The molecule has 0 spiro atoms. The lowest BCUT2D eigenvalue weighted by molar-refractivity contribution is -0.120. The zero-order valence-electron chi connectivity index (χ0n) is 15.7. The Kier molecular flexibility index (Phi) is 4.67. The molecule has 0 fully saturated rings. The van der Waals surface area contributed by atoms with Gasteiger partial charge in [0.15, 0.2) is 0 Å². The molecule has 1 aliphatic heterocycles. The van der Waals surface area contributed by atoms with Crippen LogP contribution < -0.4 is 10.1 Å². The van der Waals surface area contributed by atoms with Gasteiger partial charge in [-0.15, -0.1) is 0 Å². The van der Waals surface area contributed by atoms with E-state index in [1.54, 1.807) is 0 Å². The Balaban J connectivity index is 1.43. The highest BCUT2D eigenvalue weighted by Gasteiger charge is 2.15. The van der Waals surface area contributed by atoms with E-state index in [9.17, 15) is 4.79 Å². The summed E-state index contributed by atoms with van der Waals surface area (Å²) in [5.41, 5.74) is 6.28. The molecule has 2 aromatic carbocycles. The van der Waals surface area contributed by atoms with Crippen molar-refractivity contribution in [1.82, 2.24) is 15.1 Å². The third kappa shape index (κ3) is 3.58. The van der Waals surface area contributed by atoms with Crippen LogP contribution in [0.15, 0.2) is 48.5 Å². The van der Waals surface area contributed by atoms with Crippen molar-refractivity contribution >= 4 is 5.91 Å². The quantitative estimate of drug-likeness (QED) is 0.759. The second-order valence-electron chi connectivity index (χ2n) is 6.89. The van der Waals surface area contributed by atoms with Gasteiger partial charge in [0.1, 0.15) is 5.75 Å². The summed E-state index contributed by atoms with van der Waals surface area (Å²) in [5.74, 6) is 0.957. The van der Waals surface area contributed by atoms with E-state index in [-0.39, 0.29) is 5.91 Å². The molecule has 5 heteroatoms. The van der Waals surface area contributed by atoms with Crippen LogP contribution in [0.1, 0.15) is 28.1 Å². The minimum absolute atomic E-state index is 0.0140. The SMILES string of the molecule is Cc1nn(-c2ccccc2)c(C)c1CNC(=O)Cc1ccc2c(c1)CCO2. The van der Waals surface area contributed by atoms with Gasteiger partial charge in [-0.05, 0) is 43.2 Å². The topological polar surface area (TPSA) is 56.2 Å². The Hall–Kier alpha value is -3.08. The summed E-state index contributed by atoms with van der Waals surface area (Å²) in [6.45, 7) is 5.23. The van der Waals surface area contributed by atoms with Crippen molar-refractivity contribution in [3.8, 4) is 11.4 Å². The normalized spacial score (nSPS) is 12.5. The number of para-hydroxylation sites is 1. The van der Waals surface area contributed by atoms with Crippen molar-refractivity contribution in [3.63, 3.8) is 0 Å². The van der Waals surface area contributed by atoms with Gasteiger partial charge in [-0.25, -0.2) is 4.68 Å². The van der Waals surface area contributed by atoms with Crippen LogP contribution in [0.5, 0.6) is 5.75 Å². The molecule has 1 N–H and O–H groups in total. The van der Waals surface area contributed by atoms with E-state index >= 15 is 0 Å². The van der Waals surface area contributed by atoms with Crippen LogP contribution in [0.4, 0.5) is 0 Å². The van der Waals surface area contributed by atoms with E-state index < -0.39 is 0 Å². The lowest BCUT2D eigenvalue weighted by Crippen LogP contribution is -2.25. The van der Waals surface area contributed by atoms with Gasteiger partial charge in [-0.3, -0.25) is 4.79 Å². The smallest absolute Gasteiger partial charge is 0.224 e. The van der Waals surface area contributed by atoms with Crippen molar-refractivity contribution < 1.29 is 9.53 Å². The summed E-state index contributed by atoms with van der Waals surface area (Å²) in [5, 5.41) is 7.67. The molecule has 5 nitrogen and oxygen atoms in total. The molecule has 0 bridgehead atoms. The second-order valence-corrected chi connectivity index (χ2v) is 6.89. The van der Waals surface area contributed by atoms with Gasteiger partial charge in [0.2, 0.25) is 5.91 Å². The Bertz CT molecular complexity index is 977. The molecule has 0 atom stereocenters. The minimum Gasteiger partial charge on any atom is -0.493 e. The predicted octanol–water partition coefficient (Wildman–Crippen LogP) is 3.28. The summed E-state index contributed by atoms with van der Waals surface area (Å²) in [6.07, 6.45) is 1.29. The molecule has 0 unspecified atom stereocenters. The number of fused-ring (bicyclic) bond motifs is 1. The molecule has 1 aliphatic rings. The first-order valence-corrected chi connectivity index (χ1v) is 9.23. The molecule has 0 aliphatic carbocycles. The number of aryl methyl sites for hydroxylation is 1. The average Bonchev–Trinajstić information content (AvgIpc) is 3.25. The Labute approximate surface area is 159 Å². The number of carbonyl (C=O) groups excluding carboxylic acids is 1. The van der Waals surface area contributed by atoms with Gasteiger partial charge in [-0.2, -0.15) is 5.10 Å². The van der Waals surface area contributed by atoms with E-state index in [0.717, 1.165) is 47.0 Å². The maximum atomic E-state index is 12.4. The summed E-state index contributed by atoms with van der Waals surface area (Å²) in [4.78, 5) is 12.4. The van der Waals surface area contributed by atoms with Gasteiger partial charge in [0, 0.05) is 24.2 Å². The van der Waals surface area contributed by atoms with Crippen molar-refractivity contribution in [2.24, 2.45) is 0 Å². The van der Waals surface area contributed by atoms with Gasteiger partial charge >= 0.3 is 0 Å². The van der Waals surface area contributed by atoms with Crippen LogP contribution in [-0.4, -0.2) is 22.3 Å². The van der Waals surface area contributed by atoms with Crippen LogP contribution in [-0.2, 0) is 24.2 Å². The molecule has 138 valence electrons. The summed E-state index contributed by atoms with van der Waals surface area (Å²) in [6, 6.07) is 16.0. The van der Waals surface area contributed by atoms with E-state index in [4.69, 9.17) is 4.74 Å². The average molecular weight is 361 g/mol. The molecule has 1 amide bonds. The third-order valence-corrected chi connectivity index (χ3v) is 5.02. The maximum absolute atomic E-state index is 12.4. The number of hydrogen-bond donors (Lipinski definition) is 1. The Morgan fingerprint density at radius 2 is 2.00 bits per heavy atom. The van der Waals surface area contributed by atoms with Crippen LogP contribution in [0.3, 0.4) is 0 Å². The monoisotopic (exact) mass is 361 g/mol. The molecular formula is C22H23N3O2. The van der Waals surface area contributed by atoms with Crippen molar-refractivity contribution in [2.45, 2.75) is 33.2 Å². The van der Waals surface area contributed by atoms with Crippen molar-refractivity contribution in [3.05, 3.63) is 76.6 Å². The van der Waals surface area contributed by atoms with Gasteiger partial charge in [-0.1, -0.05) is 30.3 Å². The molecule has 0 saturated heterocycles. The highest BCUT2D eigenvalue weighted by molar-refractivity contribution is 5.78. The fourth-order valence-corrected chi connectivity index (χ4v) is 3.54. The molecule has 3 aromatic rings. The van der Waals surface area contributed by atoms with Gasteiger partial charge in [0.25, 0.3) is 0 Å². The van der Waals surface area contributed by atoms with E-state index in [2.05, 4.69) is 16.5 Å². The molecule has 27 heavy (non-hydrogen) atoms. The number of benzene rings is 2. The Morgan fingerprint density at radius 1 is 1.19 bits per heavy atom. The first-order chi connectivity index (χ1) is 13.1. The van der Waals surface area contributed by atoms with Crippen molar-refractivity contribution in [1.29, 1.82) is 0 Å². The number of nitrogens with one attached hydrogen (secondary N) is 1. The van der Waals surface area contributed by atoms with Crippen molar-refractivity contribution in [2.75, 3.05) is 6.61 Å². The van der Waals surface area contributed by atoms with E-state index in [0.29, 0.717) is 13.0 Å². The molecule has 1 aromatic heterocycles. The summed E-state index contributed by atoms with van der Waals surface area (Å²) in [7, 11) is 0. The predicted molar refractivity (Wildman–Crippen MR) is 104 cm³/mol. The highest BCUT2D eigenvalue weighted by Crippen LogP contribution is 2.26. The standard InChI is InChI=1S/C22H23N3O2/c1-15-20(16(2)25(24-15)19-6-4-3-5-7-19)14-23-22(26)13-17-8-9-21-18(12-17)10-11-27-21/h3-9,12H,10-11,13-14H2,1-2H3,(H,23,26). The first kappa shape index (κ1) is 17.3. The van der Waals surface area contributed by atoms with E-state index in [1.807, 2.05) is 61.0 Å². The zero-order valence-corrected chi connectivity index (χ0v) is 15.7. The van der Waals surface area contributed by atoms with Crippen LogP contribution in [0.25, 0.3) is 5.69 Å². The lowest BCUT2D eigenvalue weighted by atomic mass is 10.1. The fraction of sp³-hybridized carbons (Fsp3) is 0.273. The van der Waals surface area contributed by atoms with Crippen LogP contribution in [0, 0.1) is 13.8 Å². The minimum atomic E-state index is 0.0140. The van der Waals surface area contributed by atoms with Gasteiger partial charge in [0.05, 0.1) is 24.4 Å². The zero-order chi connectivity index (χ0) is 18.8. The number of rotatable bonds is 5. The van der Waals surface area contributed by atoms with Crippen LogP contribution in [0.2, 0.25) is 0 Å². The first-order valence-electron chi connectivity index (χ1n) is 9.23. The highest BCUT2D eigenvalue weighted by atomic mass is 16.5. The lowest BCUT2D eigenvalue weighted by Gasteiger charge is -2.08. The number of nitrogens with zero attached hydrogens (tertiary/aromatic N) is 2. The van der Waals surface area contributed by atoms with E-state index in [1.165, 1.54) is 5.56 Å². The molecule has 0 radical (unpaired) electrons. The van der Waals surface area contributed by atoms with Crippen LogP contribution >= 0.6 is 0 Å². The number of carbonyl (C=O) groups is 1. The largest absolute Gasteiger partial charge is 0.493 e. The molecule has 2 heterocycles. The summed E-state index contributed by atoms with van der Waals surface area (Å²) >= 11 is 0.